The van der Waals surface area contributed by atoms with E-state index in [4.69, 9.17) is 20.8 Å². The first-order valence-electron chi connectivity index (χ1n) is 5.07. The Morgan fingerprint density at radius 2 is 2.41 bits per heavy atom. The van der Waals surface area contributed by atoms with Gasteiger partial charge in [0, 0.05) is 13.2 Å². The second-order valence-electron chi connectivity index (χ2n) is 3.39. The zero-order valence-electron chi connectivity index (χ0n) is 9.44. The zero-order chi connectivity index (χ0) is 12.4. The van der Waals surface area contributed by atoms with Crippen molar-refractivity contribution >= 4 is 17.6 Å². The number of aromatic nitrogens is 2. The summed E-state index contributed by atoms with van der Waals surface area (Å²) in [6.45, 7) is 2.06. The number of esters is 1. The molecular formula is C11H11ClN2O3. The van der Waals surface area contributed by atoms with E-state index >= 15 is 0 Å². The van der Waals surface area contributed by atoms with Gasteiger partial charge < -0.3 is 9.15 Å². The van der Waals surface area contributed by atoms with Crippen LogP contribution in [0.4, 0.5) is 0 Å². The summed E-state index contributed by atoms with van der Waals surface area (Å²) >= 11 is 5.87. The average molecular weight is 255 g/mol. The topological polar surface area (TPSA) is 57.3 Å². The van der Waals surface area contributed by atoms with Crippen molar-refractivity contribution in [2.75, 3.05) is 6.61 Å². The molecule has 0 bridgehead atoms. The lowest BCUT2D eigenvalue weighted by Gasteiger charge is -2.00. The lowest BCUT2D eigenvalue weighted by molar-refractivity contribution is 0.0527. The zero-order valence-corrected chi connectivity index (χ0v) is 10.2. The quantitative estimate of drug-likeness (QED) is 0.790. The van der Waals surface area contributed by atoms with E-state index in [1.165, 1.54) is 10.9 Å². The molecule has 2 heterocycles. The maximum absolute atomic E-state index is 11.7. The molecule has 2 aromatic heterocycles. The fourth-order valence-corrected chi connectivity index (χ4v) is 1.71. The smallest absolute Gasteiger partial charge is 0.341 e. The van der Waals surface area contributed by atoms with Gasteiger partial charge in [-0.15, -0.1) is 0 Å². The van der Waals surface area contributed by atoms with Gasteiger partial charge in [0.05, 0.1) is 18.4 Å². The van der Waals surface area contributed by atoms with E-state index in [9.17, 15) is 4.79 Å². The molecule has 0 saturated heterocycles. The summed E-state index contributed by atoms with van der Waals surface area (Å²) in [5.41, 5.74) is 1.41. The van der Waals surface area contributed by atoms with Crippen LogP contribution in [0.5, 0.6) is 0 Å². The van der Waals surface area contributed by atoms with Gasteiger partial charge in [-0.3, -0.25) is 4.68 Å². The summed E-state index contributed by atoms with van der Waals surface area (Å²) in [4.78, 5) is 11.7. The van der Waals surface area contributed by atoms with Crippen molar-refractivity contribution in [2.45, 2.75) is 6.92 Å². The number of aryl methyl sites for hydroxylation is 1. The number of furan rings is 1. The molecule has 6 heteroatoms. The van der Waals surface area contributed by atoms with E-state index in [-0.39, 0.29) is 5.22 Å². The first-order chi connectivity index (χ1) is 8.13. The fraction of sp³-hybridized carbons (Fsp3) is 0.273. The van der Waals surface area contributed by atoms with Gasteiger partial charge >= 0.3 is 5.97 Å². The molecule has 0 fully saturated rings. The third-order valence-electron chi connectivity index (χ3n) is 2.20. The Morgan fingerprint density at radius 3 is 3.00 bits per heavy atom. The predicted octanol–water partition coefficient (Wildman–Crippen LogP) is 2.51. The Labute approximate surface area is 103 Å². The minimum absolute atomic E-state index is 0.203. The van der Waals surface area contributed by atoms with Crippen LogP contribution in [0, 0.1) is 0 Å². The van der Waals surface area contributed by atoms with Crippen molar-refractivity contribution in [3.05, 3.63) is 29.3 Å². The summed E-state index contributed by atoms with van der Waals surface area (Å²) < 4.78 is 11.5. The Balaban J connectivity index is 2.48. The predicted molar refractivity (Wildman–Crippen MR) is 61.9 cm³/mol. The van der Waals surface area contributed by atoms with Crippen LogP contribution in [0.1, 0.15) is 17.3 Å². The Hall–Kier alpha value is -1.75. The molecular weight excluding hydrogens is 244 g/mol. The Bertz CT molecular complexity index is 545. The van der Waals surface area contributed by atoms with E-state index in [1.807, 2.05) is 0 Å². The molecule has 0 radical (unpaired) electrons. The maximum atomic E-state index is 11.7. The molecule has 0 saturated carbocycles. The van der Waals surface area contributed by atoms with Crippen LogP contribution >= 0.6 is 11.6 Å². The van der Waals surface area contributed by atoms with Gasteiger partial charge in [-0.1, -0.05) is 0 Å². The number of carbonyl (C=O) groups excluding carboxylic acids is 1. The van der Waals surface area contributed by atoms with Gasteiger partial charge in [0.25, 0.3) is 0 Å². The molecule has 2 rings (SSSR count). The van der Waals surface area contributed by atoms with E-state index in [2.05, 4.69) is 5.10 Å². The van der Waals surface area contributed by atoms with Gasteiger partial charge in [-0.25, -0.2) is 4.79 Å². The van der Waals surface area contributed by atoms with Crippen LogP contribution < -0.4 is 0 Å². The van der Waals surface area contributed by atoms with Crippen LogP contribution in [0.2, 0.25) is 5.22 Å². The average Bonchev–Trinajstić information content (AvgIpc) is 2.84. The second kappa shape index (κ2) is 4.63. The molecule has 90 valence electrons. The van der Waals surface area contributed by atoms with Crippen molar-refractivity contribution in [2.24, 2.45) is 7.05 Å². The Morgan fingerprint density at radius 1 is 1.65 bits per heavy atom. The van der Waals surface area contributed by atoms with Gasteiger partial charge in [-0.2, -0.15) is 5.10 Å². The third-order valence-corrected chi connectivity index (χ3v) is 2.49. The van der Waals surface area contributed by atoms with Crippen molar-refractivity contribution in [1.82, 2.24) is 9.78 Å². The monoisotopic (exact) mass is 254 g/mol. The van der Waals surface area contributed by atoms with Gasteiger partial charge in [0.15, 0.2) is 0 Å². The first-order valence-corrected chi connectivity index (χ1v) is 5.45. The number of halogens is 1. The van der Waals surface area contributed by atoms with Crippen molar-refractivity contribution < 1.29 is 13.9 Å². The summed E-state index contributed by atoms with van der Waals surface area (Å²) in [6.07, 6.45) is 3.04. The second-order valence-corrected chi connectivity index (χ2v) is 3.74. The number of hydrogen-bond acceptors (Lipinski definition) is 4. The van der Waals surface area contributed by atoms with Crippen LogP contribution in [0.3, 0.4) is 0 Å². The first kappa shape index (κ1) is 11.7. The Kier molecular flexibility index (Phi) is 3.19. The molecule has 2 aromatic rings. The molecule has 5 nitrogen and oxygen atoms in total. The van der Waals surface area contributed by atoms with Crippen LogP contribution in [-0.4, -0.2) is 22.4 Å². The molecule has 0 aliphatic heterocycles. The summed E-state index contributed by atoms with van der Waals surface area (Å²) in [6, 6.07) is 1.66. The lowest BCUT2D eigenvalue weighted by atomic mass is 10.1. The van der Waals surface area contributed by atoms with Crippen LogP contribution in [-0.2, 0) is 11.8 Å². The van der Waals surface area contributed by atoms with Crippen LogP contribution in [0.15, 0.2) is 22.9 Å². The SMILES string of the molecule is CCOC(=O)c1cn(C)nc1-c1ccoc1Cl. The molecule has 0 aliphatic rings. The normalized spacial score (nSPS) is 10.5. The summed E-state index contributed by atoms with van der Waals surface area (Å²) in [5, 5.41) is 4.39. The fourth-order valence-electron chi connectivity index (χ4n) is 1.51. The van der Waals surface area contributed by atoms with E-state index < -0.39 is 5.97 Å². The standard InChI is InChI=1S/C11H11ClN2O3/c1-3-16-11(15)8-6-14(2)13-9(8)7-4-5-17-10(7)12/h4-6H,3H2,1-2H3. The number of hydrogen-bond donors (Lipinski definition) is 0. The summed E-state index contributed by atoms with van der Waals surface area (Å²) in [5.74, 6) is -0.423. The highest BCUT2D eigenvalue weighted by Gasteiger charge is 2.21. The van der Waals surface area contributed by atoms with Gasteiger partial charge in [0.2, 0.25) is 5.22 Å². The molecule has 0 aromatic carbocycles. The minimum Gasteiger partial charge on any atom is -0.462 e. The minimum atomic E-state index is -0.423. The highest BCUT2D eigenvalue weighted by Crippen LogP contribution is 2.30. The molecule has 0 atom stereocenters. The van der Waals surface area contributed by atoms with E-state index in [0.29, 0.717) is 23.4 Å². The number of rotatable bonds is 3. The van der Waals surface area contributed by atoms with Crippen LogP contribution in [0.25, 0.3) is 11.3 Å². The number of ether oxygens (including phenoxy) is 1. The number of carbonyl (C=O) groups is 1. The lowest BCUT2D eigenvalue weighted by Crippen LogP contribution is -2.04. The molecule has 0 aliphatic carbocycles. The van der Waals surface area contributed by atoms with Gasteiger partial charge in [0.1, 0.15) is 11.3 Å². The highest BCUT2D eigenvalue weighted by molar-refractivity contribution is 6.31. The molecule has 0 amide bonds. The van der Waals surface area contributed by atoms with E-state index in [1.54, 1.807) is 26.2 Å². The van der Waals surface area contributed by atoms with Crippen molar-refractivity contribution in [1.29, 1.82) is 0 Å². The molecule has 0 spiro atoms. The molecule has 17 heavy (non-hydrogen) atoms. The largest absolute Gasteiger partial charge is 0.462 e. The molecule has 0 unspecified atom stereocenters. The number of nitrogens with zero attached hydrogens (tertiary/aromatic N) is 2. The van der Waals surface area contributed by atoms with Crippen molar-refractivity contribution in [3.8, 4) is 11.3 Å². The molecule has 0 N–H and O–H groups in total. The van der Waals surface area contributed by atoms with Crippen molar-refractivity contribution in [3.63, 3.8) is 0 Å². The summed E-state index contributed by atoms with van der Waals surface area (Å²) in [7, 11) is 1.72. The van der Waals surface area contributed by atoms with Gasteiger partial charge in [-0.05, 0) is 24.6 Å². The third kappa shape index (κ3) is 2.19. The maximum Gasteiger partial charge on any atom is 0.341 e. The highest BCUT2D eigenvalue weighted by atomic mass is 35.5. The van der Waals surface area contributed by atoms with E-state index in [0.717, 1.165) is 0 Å².